The predicted octanol–water partition coefficient (Wildman–Crippen LogP) is 5.60. The summed E-state index contributed by atoms with van der Waals surface area (Å²) < 4.78 is 27.8. The van der Waals surface area contributed by atoms with Crippen molar-refractivity contribution in [3.05, 3.63) is 69.7 Å². The van der Waals surface area contributed by atoms with Gasteiger partial charge in [-0.15, -0.1) is 0 Å². The van der Waals surface area contributed by atoms with Gasteiger partial charge < -0.3 is 0 Å². The fourth-order valence-corrected chi connectivity index (χ4v) is 4.31. The molecule has 0 radical (unpaired) electrons. The van der Waals surface area contributed by atoms with Crippen LogP contribution in [-0.2, 0) is 10.0 Å². The number of fused-ring (bicyclic) bond motifs is 1. The molecular formula is C16H10Cl3NO2S. The molecule has 118 valence electrons. The Morgan fingerprint density at radius 2 is 1.43 bits per heavy atom. The molecule has 1 N–H and O–H groups in total. The molecule has 0 amide bonds. The molecular weight excluding hydrogens is 377 g/mol. The number of hydrogen-bond acceptors (Lipinski definition) is 2. The van der Waals surface area contributed by atoms with Gasteiger partial charge in [0.25, 0.3) is 10.0 Å². The zero-order chi connectivity index (χ0) is 16.6. The van der Waals surface area contributed by atoms with Gasteiger partial charge in [0, 0.05) is 5.39 Å². The maximum atomic E-state index is 12.6. The van der Waals surface area contributed by atoms with Crippen molar-refractivity contribution in [2.24, 2.45) is 0 Å². The SMILES string of the molecule is O=S(=O)(Nc1cccc2ccccc12)c1cc(Cl)c(Cl)cc1Cl. The molecule has 0 aromatic heterocycles. The lowest BCUT2D eigenvalue weighted by molar-refractivity contribution is 0.601. The Kier molecular flexibility index (Phi) is 4.43. The molecule has 0 saturated carbocycles. The van der Waals surface area contributed by atoms with Crippen LogP contribution in [0.15, 0.2) is 59.5 Å². The van der Waals surface area contributed by atoms with Crippen molar-refractivity contribution in [2.45, 2.75) is 4.90 Å². The van der Waals surface area contributed by atoms with Gasteiger partial charge in [-0.2, -0.15) is 0 Å². The molecule has 0 bridgehead atoms. The fourth-order valence-electron chi connectivity index (χ4n) is 2.22. The van der Waals surface area contributed by atoms with E-state index >= 15 is 0 Å². The first kappa shape index (κ1) is 16.4. The Morgan fingerprint density at radius 3 is 2.22 bits per heavy atom. The molecule has 0 spiro atoms. The third kappa shape index (κ3) is 3.26. The van der Waals surface area contributed by atoms with Crippen molar-refractivity contribution in [3.63, 3.8) is 0 Å². The standard InChI is InChI=1S/C16H10Cl3NO2S/c17-12-8-14(19)16(9-13(12)18)23(21,22)20-15-7-3-5-10-4-1-2-6-11(10)15/h1-9,20H. The quantitative estimate of drug-likeness (QED) is 0.595. The normalized spacial score (nSPS) is 11.6. The average Bonchev–Trinajstić information content (AvgIpc) is 2.51. The maximum absolute atomic E-state index is 12.6. The summed E-state index contributed by atoms with van der Waals surface area (Å²) in [5.41, 5.74) is 0.463. The Labute approximate surface area is 148 Å². The molecule has 0 aliphatic heterocycles. The highest BCUT2D eigenvalue weighted by molar-refractivity contribution is 7.92. The first-order valence-corrected chi connectivity index (χ1v) is 9.15. The summed E-state index contributed by atoms with van der Waals surface area (Å²) >= 11 is 17.8. The minimum absolute atomic E-state index is 0.00661. The number of halogens is 3. The molecule has 3 aromatic rings. The second-order valence-corrected chi connectivity index (χ2v) is 7.70. The average molecular weight is 387 g/mol. The number of nitrogens with one attached hydrogen (secondary N) is 1. The first-order valence-electron chi connectivity index (χ1n) is 6.53. The lowest BCUT2D eigenvalue weighted by Gasteiger charge is -2.12. The third-order valence-electron chi connectivity index (χ3n) is 3.30. The van der Waals surface area contributed by atoms with E-state index < -0.39 is 10.0 Å². The number of rotatable bonds is 3. The second-order valence-electron chi connectivity index (χ2n) is 4.83. The van der Waals surface area contributed by atoms with Crippen molar-refractivity contribution in [1.82, 2.24) is 0 Å². The van der Waals surface area contributed by atoms with Crippen LogP contribution in [0.1, 0.15) is 0 Å². The van der Waals surface area contributed by atoms with Crippen molar-refractivity contribution in [2.75, 3.05) is 4.72 Å². The smallest absolute Gasteiger partial charge is 0.263 e. The van der Waals surface area contributed by atoms with E-state index in [-0.39, 0.29) is 20.0 Å². The van der Waals surface area contributed by atoms with Crippen molar-refractivity contribution in [3.8, 4) is 0 Å². The molecule has 0 unspecified atom stereocenters. The summed E-state index contributed by atoms with van der Waals surface area (Å²) in [4.78, 5) is -0.124. The fraction of sp³-hybridized carbons (Fsp3) is 0. The lowest BCUT2D eigenvalue weighted by atomic mass is 10.1. The van der Waals surface area contributed by atoms with Crippen LogP contribution >= 0.6 is 34.8 Å². The summed E-state index contributed by atoms with van der Waals surface area (Å²) in [7, 11) is -3.90. The van der Waals surface area contributed by atoms with E-state index in [4.69, 9.17) is 34.8 Å². The van der Waals surface area contributed by atoms with Crippen LogP contribution in [-0.4, -0.2) is 8.42 Å². The van der Waals surface area contributed by atoms with Crippen LogP contribution in [0.3, 0.4) is 0 Å². The van der Waals surface area contributed by atoms with Gasteiger partial charge in [0.1, 0.15) is 4.90 Å². The highest BCUT2D eigenvalue weighted by Crippen LogP contribution is 2.33. The summed E-state index contributed by atoms with van der Waals surface area (Å²) in [6.07, 6.45) is 0. The molecule has 3 aromatic carbocycles. The van der Waals surface area contributed by atoms with Gasteiger partial charge in [0.05, 0.1) is 20.8 Å². The van der Waals surface area contributed by atoms with E-state index in [2.05, 4.69) is 4.72 Å². The molecule has 23 heavy (non-hydrogen) atoms. The van der Waals surface area contributed by atoms with E-state index in [1.54, 1.807) is 12.1 Å². The van der Waals surface area contributed by atoms with Crippen LogP contribution < -0.4 is 4.72 Å². The first-order chi connectivity index (χ1) is 10.9. The molecule has 0 aliphatic rings. The van der Waals surface area contributed by atoms with Gasteiger partial charge in [-0.25, -0.2) is 8.42 Å². The van der Waals surface area contributed by atoms with Crippen molar-refractivity contribution in [1.29, 1.82) is 0 Å². The zero-order valence-electron chi connectivity index (χ0n) is 11.6. The van der Waals surface area contributed by atoms with Gasteiger partial charge in [-0.3, -0.25) is 4.72 Å². The highest BCUT2D eigenvalue weighted by Gasteiger charge is 2.20. The summed E-state index contributed by atoms with van der Waals surface area (Å²) in [6, 6.07) is 15.4. The molecule has 3 rings (SSSR count). The third-order valence-corrected chi connectivity index (χ3v) is 5.85. The molecule has 0 aliphatic carbocycles. The highest BCUT2D eigenvalue weighted by atomic mass is 35.5. The monoisotopic (exact) mass is 385 g/mol. The van der Waals surface area contributed by atoms with Crippen LogP contribution in [0.5, 0.6) is 0 Å². The van der Waals surface area contributed by atoms with Crippen LogP contribution in [0.25, 0.3) is 10.8 Å². The minimum atomic E-state index is -3.90. The number of anilines is 1. The molecule has 0 heterocycles. The van der Waals surface area contributed by atoms with E-state index in [0.717, 1.165) is 10.8 Å². The Morgan fingerprint density at radius 1 is 0.783 bits per heavy atom. The summed E-state index contributed by atoms with van der Waals surface area (Å²) in [6.45, 7) is 0. The van der Waals surface area contributed by atoms with Crippen LogP contribution in [0.4, 0.5) is 5.69 Å². The number of benzene rings is 3. The lowest BCUT2D eigenvalue weighted by Crippen LogP contribution is -2.13. The molecule has 7 heteroatoms. The Balaban J connectivity index is 2.09. The van der Waals surface area contributed by atoms with E-state index in [1.165, 1.54) is 12.1 Å². The van der Waals surface area contributed by atoms with Crippen molar-refractivity contribution < 1.29 is 8.42 Å². The van der Waals surface area contributed by atoms with Gasteiger partial charge in [0.15, 0.2) is 0 Å². The molecule has 0 atom stereocenters. The Hall–Kier alpha value is -1.46. The minimum Gasteiger partial charge on any atom is -0.279 e. The molecule has 3 nitrogen and oxygen atoms in total. The molecule has 0 saturated heterocycles. The van der Waals surface area contributed by atoms with Gasteiger partial charge in [-0.1, -0.05) is 71.2 Å². The van der Waals surface area contributed by atoms with Gasteiger partial charge in [0.2, 0.25) is 0 Å². The van der Waals surface area contributed by atoms with Crippen molar-refractivity contribution >= 4 is 61.3 Å². The number of hydrogen-bond donors (Lipinski definition) is 1. The Bertz CT molecular complexity index is 998. The van der Waals surface area contributed by atoms with E-state index in [1.807, 2.05) is 30.3 Å². The van der Waals surface area contributed by atoms with Crippen LogP contribution in [0.2, 0.25) is 15.1 Å². The molecule has 0 fully saturated rings. The van der Waals surface area contributed by atoms with Gasteiger partial charge in [-0.05, 0) is 23.6 Å². The van der Waals surface area contributed by atoms with E-state index in [9.17, 15) is 8.42 Å². The largest absolute Gasteiger partial charge is 0.279 e. The number of sulfonamides is 1. The topological polar surface area (TPSA) is 46.2 Å². The summed E-state index contributed by atoms with van der Waals surface area (Å²) in [5.74, 6) is 0. The maximum Gasteiger partial charge on any atom is 0.263 e. The zero-order valence-corrected chi connectivity index (χ0v) is 14.6. The van der Waals surface area contributed by atoms with E-state index in [0.29, 0.717) is 5.69 Å². The predicted molar refractivity (Wildman–Crippen MR) is 96.2 cm³/mol. The van der Waals surface area contributed by atoms with Gasteiger partial charge >= 0.3 is 0 Å². The van der Waals surface area contributed by atoms with Crippen LogP contribution in [0, 0.1) is 0 Å². The second kappa shape index (κ2) is 6.21. The summed E-state index contributed by atoms with van der Waals surface area (Å²) in [5, 5.41) is 2.03.